The lowest BCUT2D eigenvalue weighted by Gasteiger charge is -2.39. The minimum atomic E-state index is 0.101. The van der Waals surface area contributed by atoms with Gasteiger partial charge in [0.05, 0.1) is 12.1 Å². The minimum Gasteiger partial charge on any atom is -0.460 e. The van der Waals surface area contributed by atoms with Gasteiger partial charge in [-0.3, -0.25) is 9.69 Å². The second-order valence-electron chi connectivity index (χ2n) is 8.02. The van der Waals surface area contributed by atoms with Crippen molar-refractivity contribution >= 4 is 16.9 Å². The van der Waals surface area contributed by atoms with E-state index in [1.807, 2.05) is 48.6 Å². The molecule has 1 saturated heterocycles. The van der Waals surface area contributed by atoms with Crippen molar-refractivity contribution < 1.29 is 9.21 Å². The largest absolute Gasteiger partial charge is 0.460 e. The fourth-order valence-electron chi connectivity index (χ4n) is 4.15. The highest BCUT2D eigenvalue weighted by molar-refractivity contribution is 6.07. The molecule has 0 N–H and O–H groups in total. The summed E-state index contributed by atoms with van der Waals surface area (Å²) in [6.07, 6.45) is 6.71. The quantitative estimate of drug-likeness (QED) is 0.637. The predicted molar refractivity (Wildman–Crippen MR) is 114 cm³/mol. The molecule has 1 aliphatic rings. The van der Waals surface area contributed by atoms with Crippen LogP contribution in [0.3, 0.4) is 0 Å². The molecule has 1 unspecified atom stereocenters. The summed E-state index contributed by atoms with van der Waals surface area (Å²) in [5, 5.41) is 0.937. The summed E-state index contributed by atoms with van der Waals surface area (Å²) in [6, 6.07) is 8.17. The molecule has 4 rings (SSSR count). The van der Waals surface area contributed by atoms with Crippen molar-refractivity contribution in [3.05, 3.63) is 53.8 Å². The van der Waals surface area contributed by atoms with Crippen molar-refractivity contribution in [1.29, 1.82) is 0 Å². The summed E-state index contributed by atoms with van der Waals surface area (Å²) in [7, 11) is 2.02. The molecular formula is C23H30N4O2. The molecule has 1 fully saturated rings. The number of furan rings is 1. The number of hydrogen-bond acceptors (Lipinski definition) is 4. The summed E-state index contributed by atoms with van der Waals surface area (Å²) in [6.45, 7) is 7.44. The van der Waals surface area contributed by atoms with Crippen molar-refractivity contribution in [2.75, 3.05) is 19.6 Å². The van der Waals surface area contributed by atoms with Crippen LogP contribution in [0.25, 0.3) is 11.0 Å². The molecule has 1 aromatic carbocycles. The number of benzene rings is 1. The lowest BCUT2D eigenvalue weighted by molar-refractivity contribution is 0.0486. The molecule has 1 amide bonds. The van der Waals surface area contributed by atoms with Gasteiger partial charge in [0.25, 0.3) is 5.91 Å². The fourth-order valence-corrected chi connectivity index (χ4v) is 4.15. The number of hydrogen-bond donors (Lipinski definition) is 0. The molecule has 6 heteroatoms. The zero-order chi connectivity index (χ0) is 20.4. The van der Waals surface area contributed by atoms with E-state index >= 15 is 0 Å². The molecule has 0 bridgehead atoms. The Balaban J connectivity index is 1.52. The number of imidazole rings is 1. The van der Waals surface area contributed by atoms with Gasteiger partial charge in [0.2, 0.25) is 0 Å². The number of para-hydroxylation sites is 1. The molecule has 0 saturated carbocycles. The fraction of sp³-hybridized carbons (Fsp3) is 0.478. The molecule has 154 valence electrons. The summed E-state index contributed by atoms with van der Waals surface area (Å²) >= 11 is 0. The van der Waals surface area contributed by atoms with Gasteiger partial charge in [0.1, 0.15) is 17.2 Å². The molecule has 3 heterocycles. The van der Waals surface area contributed by atoms with Crippen LogP contribution in [-0.2, 0) is 20.0 Å². The van der Waals surface area contributed by atoms with E-state index in [1.165, 1.54) is 0 Å². The molecule has 29 heavy (non-hydrogen) atoms. The van der Waals surface area contributed by atoms with E-state index in [1.54, 1.807) is 0 Å². The van der Waals surface area contributed by atoms with Crippen LogP contribution >= 0.6 is 0 Å². The van der Waals surface area contributed by atoms with Crippen molar-refractivity contribution in [2.24, 2.45) is 7.05 Å². The minimum absolute atomic E-state index is 0.101. The van der Waals surface area contributed by atoms with Gasteiger partial charge in [-0.25, -0.2) is 4.98 Å². The van der Waals surface area contributed by atoms with E-state index in [0.717, 1.165) is 73.6 Å². The number of amides is 1. The number of fused-ring (bicyclic) bond motifs is 1. The second kappa shape index (κ2) is 8.41. The Labute approximate surface area is 172 Å². The Kier molecular flexibility index (Phi) is 5.72. The Morgan fingerprint density at radius 1 is 1.28 bits per heavy atom. The van der Waals surface area contributed by atoms with Crippen LogP contribution in [0.2, 0.25) is 0 Å². The average Bonchev–Trinajstić information content (AvgIpc) is 3.30. The Hall–Kier alpha value is -2.60. The maximum atomic E-state index is 13.5. The van der Waals surface area contributed by atoms with E-state index in [0.29, 0.717) is 0 Å². The third kappa shape index (κ3) is 3.94. The van der Waals surface area contributed by atoms with Gasteiger partial charge < -0.3 is 13.9 Å². The van der Waals surface area contributed by atoms with E-state index in [4.69, 9.17) is 4.42 Å². The number of aryl methyl sites for hydroxylation is 2. The summed E-state index contributed by atoms with van der Waals surface area (Å²) in [5.74, 6) is 1.99. The first-order valence-corrected chi connectivity index (χ1v) is 10.6. The van der Waals surface area contributed by atoms with Crippen LogP contribution in [0.15, 0.2) is 41.1 Å². The SMILES string of the molecule is CCCCc1oc2ccccc2c1C(=O)N1CCN(Cc2nccn2C)C(C)C1. The topological polar surface area (TPSA) is 54.5 Å². The third-order valence-electron chi connectivity index (χ3n) is 5.96. The van der Waals surface area contributed by atoms with Gasteiger partial charge >= 0.3 is 0 Å². The van der Waals surface area contributed by atoms with Crippen molar-refractivity contribution in [3.63, 3.8) is 0 Å². The van der Waals surface area contributed by atoms with Gasteiger partial charge in [-0.2, -0.15) is 0 Å². The van der Waals surface area contributed by atoms with Crippen LogP contribution in [0.1, 0.15) is 48.6 Å². The Morgan fingerprint density at radius 3 is 2.83 bits per heavy atom. The Morgan fingerprint density at radius 2 is 2.10 bits per heavy atom. The normalized spacial score (nSPS) is 17.9. The molecule has 1 aliphatic heterocycles. The van der Waals surface area contributed by atoms with Crippen LogP contribution in [0.5, 0.6) is 0 Å². The standard InChI is InChI=1S/C23H30N4O2/c1-4-5-9-20-22(18-8-6-7-10-19(18)29-20)23(28)27-14-13-26(17(2)15-27)16-21-24-11-12-25(21)3/h6-8,10-12,17H,4-5,9,13-16H2,1-3H3. The number of unbranched alkanes of at least 4 members (excludes halogenated alkanes) is 1. The Bertz CT molecular complexity index is 990. The maximum absolute atomic E-state index is 13.5. The summed E-state index contributed by atoms with van der Waals surface area (Å²) in [5.41, 5.74) is 1.57. The van der Waals surface area contributed by atoms with Crippen molar-refractivity contribution in [1.82, 2.24) is 19.4 Å². The molecule has 0 radical (unpaired) electrons. The zero-order valence-electron chi connectivity index (χ0n) is 17.6. The van der Waals surface area contributed by atoms with E-state index in [2.05, 4.69) is 28.3 Å². The maximum Gasteiger partial charge on any atom is 0.258 e. The second-order valence-corrected chi connectivity index (χ2v) is 8.02. The highest BCUT2D eigenvalue weighted by Crippen LogP contribution is 2.29. The third-order valence-corrected chi connectivity index (χ3v) is 5.96. The highest BCUT2D eigenvalue weighted by Gasteiger charge is 2.31. The number of aromatic nitrogens is 2. The number of carbonyl (C=O) groups excluding carboxylic acids is 1. The van der Waals surface area contributed by atoms with Gasteiger partial charge in [0, 0.05) is 56.9 Å². The lowest BCUT2D eigenvalue weighted by atomic mass is 10.0. The van der Waals surface area contributed by atoms with Crippen LogP contribution in [-0.4, -0.2) is 50.9 Å². The number of carbonyl (C=O) groups is 1. The molecule has 2 aromatic heterocycles. The van der Waals surface area contributed by atoms with Crippen LogP contribution in [0.4, 0.5) is 0 Å². The van der Waals surface area contributed by atoms with E-state index < -0.39 is 0 Å². The van der Waals surface area contributed by atoms with Gasteiger partial charge in [-0.05, 0) is 19.4 Å². The van der Waals surface area contributed by atoms with Crippen molar-refractivity contribution in [2.45, 2.75) is 45.7 Å². The molecule has 1 atom stereocenters. The molecule has 3 aromatic rings. The average molecular weight is 395 g/mol. The first-order chi connectivity index (χ1) is 14.1. The predicted octanol–water partition coefficient (Wildman–Crippen LogP) is 3.86. The van der Waals surface area contributed by atoms with Crippen LogP contribution in [0, 0.1) is 0 Å². The molecule has 0 aliphatic carbocycles. The number of nitrogens with zero attached hydrogens (tertiary/aromatic N) is 4. The van der Waals surface area contributed by atoms with Gasteiger partial charge in [-0.1, -0.05) is 31.5 Å². The summed E-state index contributed by atoms with van der Waals surface area (Å²) in [4.78, 5) is 22.3. The first kappa shape index (κ1) is 19.7. The highest BCUT2D eigenvalue weighted by atomic mass is 16.3. The zero-order valence-corrected chi connectivity index (χ0v) is 17.6. The summed E-state index contributed by atoms with van der Waals surface area (Å²) < 4.78 is 8.13. The smallest absolute Gasteiger partial charge is 0.258 e. The van der Waals surface area contributed by atoms with E-state index in [-0.39, 0.29) is 11.9 Å². The van der Waals surface area contributed by atoms with Gasteiger partial charge in [-0.15, -0.1) is 0 Å². The van der Waals surface area contributed by atoms with Gasteiger partial charge in [0.15, 0.2) is 0 Å². The monoisotopic (exact) mass is 394 g/mol. The molecule has 6 nitrogen and oxygen atoms in total. The molecular weight excluding hydrogens is 364 g/mol. The first-order valence-electron chi connectivity index (χ1n) is 10.6. The molecule has 0 spiro atoms. The van der Waals surface area contributed by atoms with Crippen LogP contribution < -0.4 is 0 Å². The van der Waals surface area contributed by atoms with E-state index in [9.17, 15) is 4.79 Å². The van der Waals surface area contributed by atoms with Crippen molar-refractivity contribution in [3.8, 4) is 0 Å². The number of rotatable bonds is 6. The number of piperazine rings is 1. The lowest BCUT2D eigenvalue weighted by Crippen LogP contribution is -2.53.